The van der Waals surface area contributed by atoms with Crippen LogP contribution in [0.1, 0.15) is 6.42 Å². The summed E-state index contributed by atoms with van der Waals surface area (Å²) in [6, 6.07) is 2.22. The first-order valence-corrected chi connectivity index (χ1v) is 10.1. The van der Waals surface area contributed by atoms with Crippen molar-refractivity contribution in [2.45, 2.75) is 11.3 Å². The summed E-state index contributed by atoms with van der Waals surface area (Å²) < 4.78 is 41.1. The second-order valence-corrected chi connectivity index (χ2v) is 8.26. The van der Waals surface area contributed by atoms with E-state index in [0.717, 1.165) is 31.6 Å². The van der Waals surface area contributed by atoms with Gasteiger partial charge in [-0.3, -0.25) is 4.72 Å². The van der Waals surface area contributed by atoms with Crippen LogP contribution >= 0.6 is 22.9 Å². The van der Waals surface area contributed by atoms with Crippen molar-refractivity contribution in [3.63, 3.8) is 0 Å². The summed E-state index contributed by atoms with van der Waals surface area (Å²) in [4.78, 5) is 3.32. The number of halogens is 2. The molecule has 0 spiro atoms. The number of nitrogens with zero attached hydrogens (tertiary/aromatic N) is 1. The van der Waals surface area contributed by atoms with Gasteiger partial charge in [0.15, 0.2) is 5.82 Å². The quantitative estimate of drug-likeness (QED) is 0.706. The van der Waals surface area contributed by atoms with Crippen molar-refractivity contribution in [1.29, 1.82) is 0 Å². The second-order valence-electron chi connectivity index (χ2n) is 5.48. The summed E-state index contributed by atoms with van der Waals surface area (Å²) in [5.41, 5.74) is 1.86. The normalized spacial score (nSPS) is 17.8. The van der Waals surface area contributed by atoms with Gasteiger partial charge in [0.05, 0.1) is 16.2 Å². The molecule has 130 valence electrons. The van der Waals surface area contributed by atoms with E-state index in [1.807, 2.05) is 0 Å². The van der Waals surface area contributed by atoms with Crippen LogP contribution in [0.4, 0.5) is 15.9 Å². The molecule has 1 fully saturated rings. The van der Waals surface area contributed by atoms with Crippen LogP contribution in [0, 0.1) is 11.7 Å². The molecule has 6 nitrogen and oxygen atoms in total. The summed E-state index contributed by atoms with van der Waals surface area (Å²) in [6.45, 7) is 2.51. The third kappa shape index (κ3) is 3.97. The van der Waals surface area contributed by atoms with Gasteiger partial charge in [-0.1, -0.05) is 11.6 Å². The standard InChI is InChI=1S/C14H16ClFN4O2S2/c15-10-3-13(24(21,22)20-14-7-23-8-19-14)11(16)4-12(10)18-6-9-1-2-17-5-9/h3-4,7-9,17-18,20H,1-2,5-6H2/t9-/m1/s1. The molecule has 3 N–H and O–H groups in total. The first kappa shape index (κ1) is 17.4. The third-order valence-electron chi connectivity index (χ3n) is 3.73. The fourth-order valence-corrected chi connectivity index (χ4v) is 4.41. The molecule has 1 aromatic heterocycles. The van der Waals surface area contributed by atoms with Gasteiger partial charge in [-0.25, -0.2) is 17.8 Å². The van der Waals surface area contributed by atoms with Crippen molar-refractivity contribution in [2.75, 3.05) is 29.7 Å². The topological polar surface area (TPSA) is 83.1 Å². The zero-order valence-electron chi connectivity index (χ0n) is 12.6. The number of thiazole rings is 1. The summed E-state index contributed by atoms with van der Waals surface area (Å²) >= 11 is 7.36. The fourth-order valence-electron chi connectivity index (χ4n) is 2.47. The zero-order valence-corrected chi connectivity index (χ0v) is 14.9. The molecule has 0 amide bonds. The number of hydrogen-bond donors (Lipinski definition) is 3. The maximum atomic E-state index is 14.3. The van der Waals surface area contributed by atoms with Crippen LogP contribution in [0.25, 0.3) is 0 Å². The van der Waals surface area contributed by atoms with E-state index in [0.29, 0.717) is 18.2 Å². The smallest absolute Gasteiger partial charge is 0.266 e. The molecule has 3 rings (SSSR count). The van der Waals surface area contributed by atoms with Crippen molar-refractivity contribution in [2.24, 2.45) is 5.92 Å². The minimum atomic E-state index is -4.09. The van der Waals surface area contributed by atoms with Gasteiger partial charge in [-0.05, 0) is 37.6 Å². The van der Waals surface area contributed by atoms with E-state index in [4.69, 9.17) is 11.6 Å². The predicted octanol–water partition coefficient (Wildman–Crippen LogP) is 2.76. The molecule has 1 aliphatic heterocycles. The SMILES string of the molecule is O=S(=O)(Nc1cscn1)c1cc(Cl)c(NC[C@@H]2CCNC2)cc1F. The number of hydrogen-bond acceptors (Lipinski definition) is 6. The van der Waals surface area contributed by atoms with E-state index in [-0.39, 0.29) is 10.8 Å². The molecule has 0 saturated carbocycles. The van der Waals surface area contributed by atoms with E-state index in [1.54, 1.807) is 0 Å². The molecule has 2 aromatic rings. The van der Waals surface area contributed by atoms with Crippen molar-refractivity contribution in [1.82, 2.24) is 10.3 Å². The van der Waals surface area contributed by atoms with E-state index >= 15 is 0 Å². The lowest BCUT2D eigenvalue weighted by Crippen LogP contribution is -2.18. The molecule has 1 aliphatic rings. The molecule has 24 heavy (non-hydrogen) atoms. The molecular formula is C14H16ClFN4O2S2. The lowest BCUT2D eigenvalue weighted by atomic mass is 10.1. The van der Waals surface area contributed by atoms with Gasteiger partial charge in [0.1, 0.15) is 10.7 Å². The molecule has 0 radical (unpaired) electrons. The van der Waals surface area contributed by atoms with E-state index in [1.165, 1.54) is 22.2 Å². The molecule has 10 heteroatoms. The molecule has 1 aromatic carbocycles. The second kappa shape index (κ2) is 7.22. The van der Waals surface area contributed by atoms with Gasteiger partial charge in [0.2, 0.25) is 0 Å². The van der Waals surface area contributed by atoms with Crippen LogP contribution in [0.2, 0.25) is 5.02 Å². The van der Waals surface area contributed by atoms with Gasteiger partial charge in [0, 0.05) is 11.9 Å². The van der Waals surface area contributed by atoms with Crippen molar-refractivity contribution in [3.05, 3.63) is 33.9 Å². The molecule has 0 unspecified atom stereocenters. The third-order valence-corrected chi connectivity index (χ3v) is 5.99. The lowest BCUT2D eigenvalue weighted by molar-refractivity contribution is 0.570. The highest BCUT2D eigenvalue weighted by Gasteiger charge is 2.23. The van der Waals surface area contributed by atoms with Gasteiger partial charge >= 0.3 is 0 Å². The first-order valence-electron chi connectivity index (χ1n) is 7.30. The Hall–Kier alpha value is -1.42. The minimum absolute atomic E-state index is 0.145. The van der Waals surface area contributed by atoms with Crippen LogP contribution in [-0.2, 0) is 10.0 Å². The average Bonchev–Trinajstić information content (AvgIpc) is 3.20. The van der Waals surface area contributed by atoms with Gasteiger partial charge in [0.25, 0.3) is 10.0 Å². The van der Waals surface area contributed by atoms with Crippen LogP contribution in [0.5, 0.6) is 0 Å². The Kier molecular flexibility index (Phi) is 5.24. The molecule has 1 atom stereocenters. The molecular weight excluding hydrogens is 375 g/mol. The maximum absolute atomic E-state index is 14.3. The van der Waals surface area contributed by atoms with Crippen molar-refractivity contribution < 1.29 is 12.8 Å². The number of aromatic nitrogens is 1. The summed E-state index contributed by atoms with van der Waals surface area (Å²) in [5.74, 6) is -0.278. The van der Waals surface area contributed by atoms with Crippen LogP contribution in [0.15, 0.2) is 27.9 Å². The predicted molar refractivity (Wildman–Crippen MR) is 93.8 cm³/mol. The van der Waals surface area contributed by atoms with Crippen molar-refractivity contribution >= 4 is 44.5 Å². The van der Waals surface area contributed by atoms with Crippen LogP contribution in [0.3, 0.4) is 0 Å². The first-order chi connectivity index (χ1) is 11.5. The zero-order chi connectivity index (χ0) is 17.2. The Morgan fingerprint density at radius 3 is 2.96 bits per heavy atom. The summed E-state index contributed by atoms with van der Waals surface area (Å²) in [5, 5.41) is 8.00. The monoisotopic (exact) mass is 390 g/mol. The lowest BCUT2D eigenvalue weighted by Gasteiger charge is -2.14. The fraction of sp³-hybridized carbons (Fsp3) is 0.357. The van der Waals surface area contributed by atoms with Gasteiger partial charge in [-0.2, -0.15) is 0 Å². The Morgan fingerprint density at radius 2 is 2.29 bits per heavy atom. The van der Waals surface area contributed by atoms with E-state index in [2.05, 4.69) is 20.3 Å². The Labute approximate surface area is 148 Å². The van der Waals surface area contributed by atoms with Crippen LogP contribution < -0.4 is 15.4 Å². The largest absolute Gasteiger partial charge is 0.383 e. The maximum Gasteiger partial charge on any atom is 0.266 e. The Bertz CT molecular complexity index is 808. The van der Waals surface area contributed by atoms with Crippen molar-refractivity contribution in [3.8, 4) is 0 Å². The summed E-state index contributed by atoms with van der Waals surface area (Å²) in [6.07, 6.45) is 1.04. The minimum Gasteiger partial charge on any atom is -0.383 e. The molecule has 2 heterocycles. The highest BCUT2D eigenvalue weighted by Crippen LogP contribution is 2.29. The van der Waals surface area contributed by atoms with Gasteiger partial charge in [-0.15, -0.1) is 11.3 Å². The molecule has 0 bridgehead atoms. The number of anilines is 2. The number of rotatable bonds is 6. The average molecular weight is 391 g/mol. The van der Waals surface area contributed by atoms with E-state index in [9.17, 15) is 12.8 Å². The number of benzene rings is 1. The Morgan fingerprint density at radius 1 is 1.46 bits per heavy atom. The van der Waals surface area contributed by atoms with Gasteiger partial charge < -0.3 is 10.6 Å². The highest BCUT2D eigenvalue weighted by molar-refractivity contribution is 7.92. The molecule has 1 saturated heterocycles. The van der Waals surface area contributed by atoms with Crippen LogP contribution in [-0.4, -0.2) is 33.0 Å². The summed E-state index contributed by atoms with van der Waals surface area (Å²) in [7, 11) is -4.09. The molecule has 0 aliphatic carbocycles. The number of sulfonamides is 1. The highest BCUT2D eigenvalue weighted by atomic mass is 35.5. The number of nitrogens with one attached hydrogen (secondary N) is 3. The Balaban J connectivity index is 1.78. The van der Waals surface area contributed by atoms with E-state index < -0.39 is 20.7 Å².